The molecule has 2 N–H and O–H groups in total. The Labute approximate surface area is 83.1 Å². The van der Waals surface area contributed by atoms with Crippen molar-refractivity contribution in [2.75, 3.05) is 25.4 Å². The summed E-state index contributed by atoms with van der Waals surface area (Å²) in [7, 11) is -3.56. The first-order valence-electron chi connectivity index (χ1n) is 4.40. The minimum atomic E-state index is -3.56. The fourth-order valence-corrected chi connectivity index (χ4v) is 2.53. The van der Waals surface area contributed by atoms with E-state index in [1.54, 1.807) is 6.92 Å². The van der Waals surface area contributed by atoms with Gasteiger partial charge >= 0.3 is 0 Å². The molecule has 0 radical (unpaired) electrons. The summed E-state index contributed by atoms with van der Waals surface area (Å²) in [6.07, 6.45) is -2.25. The number of hydrogen-bond acceptors (Lipinski definition) is 3. The van der Waals surface area contributed by atoms with Crippen LogP contribution in [0.1, 0.15) is 13.3 Å². The smallest absolute Gasteiger partial charge is 0.252 e. The van der Waals surface area contributed by atoms with Crippen molar-refractivity contribution in [2.45, 2.75) is 19.8 Å². The third kappa shape index (κ3) is 4.83. The molecule has 14 heavy (non-hydrogen) atoms. The highest BCUT2D eigenvalue weighted by Crippen LogP contribution is 2.06. The highest BCUT2D eigenvalue weighted by Gasteiger charge is 2.23. The lowest BCUT2D eigenvalue weighted by molar-refractivity contribution is 0.120. The molecule has 86 valence electrons. The van der Waals surface area contributed by atoms with Crippen molar-refractivity contribution in [1.29, 1.82) is 0 Å². The molecular weight excluding hydrogens is 214 g/mol. The summed E-state index contributed by atoms with van der Waals surface area (Å²) in [4.78, 5) is 0. The van der Waals surface area contributed by atoms with Gasteiger partial charge in [-0.25, -0.2) is 17.2 Å². The largest absolute Gasteiger partial charge is 0.329 e. The van der Waals surface area contributed by atoms with Crippen molar-refractivity contribution in [3.05, 3.63) is 0 Å². The summed E-state index contributed by atoms with van der Waals surface area (Å²) in [5.41, 5.74) is 5.15. The maximum atomic E-state index is 12.0. The van der Waals surface area contributed by atoms with E-state index in [0.29, 0.717) is 6.42 Å². The SMILES string of the molecule is CCCS(=O)(=O)N(CCN)CC(F)F. The minimum absolute atomic E-state index is 0.0489. The normalized spacial score (nSPS) is 12.7. The van der Waals surface area contributed by atoms with Crippen LogP contribution in [-0.2, 0) is 10.0 Å². The van der Waals surface area contributed by atoms with Gasteiger partial charge in [0.2, 0.25) is 10.0 Å². The lowest BCUT2D eigenvalue weighted by atomic mass is 10.6. The van der Waals surface area contributed by atoms with Crippen LogP contribution in [0, 0.1) is 0 Å². The quantitative estimate of drug-likeness (QED) is 0.682. The second-order valence-electron chi connectivity index (χ2n) is 2.85. The lowest BCUT2D eigenvalue weighted by Crippen LogP contribution is -2.39. The second kappa shape index (κ2) is 6.26. The van der Waals surface area contributed by atoms with E-state index in [-0.39, 0.29) is 18.8 Å². The predicted molar refractivity (Wildman–Crippen MR) is 50.7 cm³/mol. The summed E-state index contributed by atoms with van der Waals surface area (Å²) < 4.78 is 47.6. The topological polar surface area (TPSA) is 63.4 Å². The van der Waals surface area contributed by atoms with E-state index >= 15 is 0 Å². The standard InChI is InChI=1S/C7H16F2N2O2S/c1-2-5-14(12,13)11(4-3-10)6-7(8)9/h7H,2-6,10H2,1H3. The molecule has 0 aromatic carbocycles. The molecule has 0 heterocycles. The average molecular weight is 230 g/mol. The van der Waals surface area contributed by atoms with E-state index in [2.05, 4.69) is 0 Å². The van der Waals surface area contributed by atoms with Crippen LogP contribution >= 0.6 is 0 Å². The van der Waals surface area contributed by atoms with Crippen molar-refractivity contribution in [3.8, 4) is 0 Å². The first-order chi connectivity index (χ1) is 6.44. The van der Waals surface area contributed by atoms with Crippen LogP contribution in [0.4, 0.5) is 8.78 Å². The van der Waals surface area contributed by atoms with Gasteiger partial charge in [-0.2, -0.15) is 4.31 Å². The summed E-state index contributed by atoms with van der Waals surface area (Å²) in [6.45, 7) is 0.919. The maximum Gasteiger partial charge on any atom is 0.252 e. The minimum Gasteiger partial charge on any atom is -0.329 e. The molecule has 0 rings (SSSR count). The summed E-state index contributed by atoms with van der Waals surface area (Å²) in [5.74, 6) is -0.111. The molecule has 0 amide bonds. The van der Waals surface area contributed by atoms with Crippen LogP contribution in [0.2, 0.25) is 0 Å². The van der Waals surface area contributed by atoms with Crippen LogP contribution in [-0.4, -0.2) is 44.5 Å². The molecule has 0 aromatic rings. The van der Waals surface area contributed by atoms with Crippen LogP contribution < -0.4 is 5.73 Å². The monoisotopic (exact) mass is 230 g/mol. The molecule has 4 nitrogen and oxygen atoms in total. The molecule has 0 spiro atoms. The van der Waals surface area contributed by atoms with Crippen LogP contribution in [0.25, 0.3) is 0 Å². The van der Waals surface area contributed by atoms with Crippen molar-refractivity contribution in [2.24, 2.45) is 5.73 Å². The molecule has 0 bridgehead atoms. The third-order valence-corrected chi connectivity index (χ3v) is 3.62. The zero-order valence-corrected chi connectivity index (χ0v) is 8.93. The van der Waals surface area contributed by atoms with E-state index in [0.717, 1.165) is 4.31 Å². The first kappa shape index (κ1) is 13.7. The van der Waals surface area contributed by atoms with Gasteiger partial charge in [-0.05, 0) is 6.42 Å². The molecule has 7 heteroatoms. The zero-order valence-electron chi connectivity index (χ0n) is 8.12. The van der Waals surface area contributed by atoms with Crippen molar-refractivity contribution in [3.63, 3.8) is 0 Å². The molecule has 0 unspecified atom stereocenters. The Bertz CT molecular complexity index is 244. The second-order valence-corrected chi connectivity index (χ2v) is 4.94. The Morgan fingerprint density at radius 1 is 1.43 bits per heavy atom. The Hall–Kier alpha value is -0.270. The van der Waals surface area contributed by atoms with Crippen molar-refractivity contribution in [1.82, 2.24) is 4.31 Å². The van der Waals surface area contributed by atoms with E-state index in [1.807, 2.05) is 0 Å². The van der Waals surface area contributed by atoms with Crippen molar-refractivity contribution < 1.29 is 17.2 Å². The lowest BCUT2D eigenvalue weighted by Gasteiger charge is -2.20. The van der Waals surface area contributed by atoms with Gasteiger partial charge in [-0.1, -0.05) is 6.92 Å². The van der Waals surface area contributed by atoms with E-state index in [9.17, 15) is 17.2 Å². The number of nitrogens with two attached hydrogens (primary N) is 1. The van der Waals surface area contributed by atoms with Crippen molar-refractivity contribution >= 4 is 10.0 Å². The van der Waals surface area contributed by atoms with Gasteiger partial charge in [0.05, 0.1) is 12.3 Å². The molecule has 0 atom stereocenters. The van der Waals surface area contributed by atoms with Crippen LogP contribution in [0.15, 0.2) is 0 Å². The third-order valence-electron chi connectivity index (χ3n) is 1.58. The fourth-order valence-electron chi connectivity index (χ4n) is 1.03. The van der Waals surface area contributed by atoms with Gasteiger partial charge in [-0.15, -0.1) is 0 Å². The Morgan fingerprint density at radius 3 is 2.36 bits per heavy atom. The van der Waals surface area contributed by atoms with Crippen LogP contribution in [0.3, 0.4) is 0 Å². The molecule has 0 aromatic heterocycles. The molecule has 0 saturated carbocycles. The molecule has 0 aliphatic carbocycles. The number of alkyl halides is 2. The van der Waals surface area contributed by atoms with Gasteiger partial charge in [0.1, 0.15) is 0 Å². The molecule has 0 fully saturated rings. The van der Waals surface area contributed by atoms with Gasteiger partial charge in [0.15, 0.2) is 0 Å². The number of hydrogen-bond donors (Lipinski definition) is 1. The highest BCUT2D eigenvalue weighted by atomic mass is 32.2. The Morgan fingerprint density at radius 2 is 2.00 bits per heavy atom. The summed E-state index contributed by atoms with van der Waals surface area (Å²) in [6, 6.07) is 0. The van der Waals surface area contributed by atoms with Crippen LogP contribution in [0.5, 0.6) is 0 Å². The Balaban J connectivity index is 4.46. The predicted octanol–water partition coefficient (Wildman–Crippen LogP) is 0.252. The summed E-state index contributed by atoms with van der Waals surface area (Å²) in [5, 5.41) is 0. The van der Waals surface area contributed by atoms with Gasteiger partial charge in [0, 0.05) is 13.1 Å². The highest BCUT2D eigenvalue weighted by molar-refractivity contribution is 7.89. The number of halogens is 2. The maximum absolute atomic E-state index is 12.0. The first-order valence-corrected chi connectivity index (χ1v) is 6.01. The fraction of sp³-hybridized carbons (Fsp3) is 1.00. The van der Waals surface area contributed by atoms with Gasteiger partial charge < -0.3 is 5.73 Å². The number of rotatable bonds is 7. The van der Waals surface area contributed by atoms with E-state index in [1.165, 1.54) is 0 Å². The van der Waals surface area contributed by atoms with E-state index in [4.69, 9.17) is 5.73 Å². The van der Waals surface area contributed by atoms with E-state index < -0.39 is 23.0 Å². The summed E-state index contributed by atoms with van der Waals surface area (Å²) >= 11 is 0. The van der Waals surface area contributed by atoms with Gasteiger partial charge in [0.25, 0.3) is 6.43 Å². The molecule has 0 aliphatic rings. The van der Waals surface area contributed by atoms with Gasteiger partial charge in [-0.3, -0.25) is 0 Å². The average Bonchev–Trinajstić information content (AvgIpc) is 2.02. The Kier molecular flexibility index (Phi) is 6.14. The molecule has 0 aliphatic heterocycles. The zero-order chi connectivity index (χ0) is 11.2. The number of nitrogens with zero attached hydrogens (tertiary/aromatic N) is 1. The molecule has 0 saturated heterocycles. The molecular formula is C7H16F2N2O2S. The number of sulfonamides is 1.